The van der Waals surface area contributed by atoms with Crippen molar-refractivity contribution in [2.24, 2.45) is 0 Å². The van der Waals surface area contributed by atoms with Crippen LogP contribution in [0.4, 0.5) is 0 Å². The molecular weight excluding hydrogens is 232 g/mol. The number of aromatic amines is 1. The van der Waals surface area contributed by atoms with Crippen LogP contribution in [-0.4, -0.2) is 39.1 Å². The molecule has 6 nitrogen and oxygen atoms in total. The van der Waals surface area contributed by atoms with Gasteiger partial charge in [0.05, 0.1) is 18.8 Å². The summed E-state index contributed by atoms with van der Waals surface area (Å²) in [7, 11) is 0. The lowest BCUT2D eigenvalue weighted by Gasteiger charge is -2.15. The Kier molecular flexibility index (Phi) is 4.03. The second-order valence-corrected chi connectivity index (χ2v) is 3.90. The van der Waals surface area contributed by atoms with E-state index in [0.717, 1.165) is 5.56 Å². The molecule has 3 N–H and O–H groups in total. The number of aliphatic hydroxyl groups is 1. The summed E-state index contributed by atoms with van der Waals surface area (Å²) in [6, 6.07) is 9.32. The van der Waals surface area contributed by atoms with Crippen molar-refractivity contribution in [2.75, 3.05) is 6.61 Å². The fraction of sp³-hybridized carbons (Fsp3) is 0.250. The molecule has 1 aromatic carbocycles. The van der Waals surface area contributed by atoms with Crippen molar-refractivity contribution < 1.29 is 9.90 Å². The first-order valence-corrected chi connectivity index (χ1v) is 5.61. The number of carbonyl (C=O) groups excluding carboxylic acids is 1. The molecule has 0 spiro atoms. The van der Waals surface area contributed by atoms with Gasteiger partial charge < -0.3 is 10.4 Å². The van der Waals surface area contributed by atoms with E-state index in [0.29, 0.717) is 6.42 Å². The fourth-order valence-corrected chi connectivity index (χ4v) is 1.63. The maximum absolute atomic E-state index is 11.7. The van der Waals surface area contributed by atoms with Crippen LogP contribution >= 0.6 is 0 Å². The van der Waals surface area contributed by atoms with Crippen LogP contribution in [0, 0.1) is 0 Å². The Morgan fingerprint density at radius 3 is 2.78 bits per heavy atom. The molecule has 0 bridgehead atoms. The van der Waals surface area contributed by atoms with Gasteiger partial charge in [0.25, 0.3) is 5.91 Å². The second-order valence-electron chi connectivity index (χ2n) is 3.90. The van der Waals surface area contributed by atoms with Crippen molar-refractivity contribution in [1.82, 2.24) is 20.7 Å². The highest BCUT2D eigenvalue weighted by Crippen LogP contribution is 2.03. The van der Waals surface area contributed by atoms with Gasteiger partial charge >= 0.3 is 0 Å². The maximum atomic E-state index is 11.7. The zero-order valence-corrected chi connectivity index (χ0v) is 9.71. The number of nitrogens with zero attached hydrogens (tertiary/aromatic N) is 2. The molecule has 1 heterocycles. The lowest BCUT2D eigenvalue weighted by atomic mass is 10.1. The minimum atomic E-state index is -0.348. The number of carbonyl (C=O) groups is 1. The predicted octanol–water partition coefficient (Wildman–Crippen LogP) is 0.138. The molecule has 1 amide bonds. The van der Waals surface area contributed by atoms with Crippen LogP contribution in [0.15, 0.2) is 36.5 Å². The topological polar surface area (TPSA) is 90.9 Å². The Bertz CT molecular complexity index is 484. The number of rotatable bonds is 5. The minimum absolute atomic E-state index is 0.127. The normalized spacial score (nSPS) is 12.1. The molecule has 94 valence electrons. The van der Waals surface area contributed by atoms with Crippen LogP contribution < -0.4 is 5.32 Å². The van der Waals surface area contributed by atoms with Crippen molar-refractivity contribution in [3.05, 3.63) is 47.8 Å². The Hall–Kier alpha value is -2.21. The Labute approximate surface area is 104 Å². The number of benzene rings is 1. The number of aromatic nitrogens is 3. The van der Waals surface area contributed by atoms with Crippen LogP contribution in [0.3, 0.4) is 0 Å². The van der Waals surface area contributed by atoms with Crippen LogP contribution in [0.1, 0.15) is 16.1 Å². The Balaban J connectivity index is 1.96. The summed E-state index contributed by atoms with van der Waals surface area (Å²) in [6.45, 7) is -0.127. The smallest absolute Gasteiger partial charge is 0.273 e. The number of aliphatic hydroxyl groups excluding tert-OH is 1. The highest BCUT2D eigenvalue weighted by atomic mass is 16.3. The van der Waals surface area contributed by atoms with Crippen molar-refractivity contribution in [3.63, 3.8) is 0 Å². The van der Waals surface area contributed by atoms with E-state index in [4.69, 9.17) is 0 Å². The zero-order chi connectivity index (χ0) is 12.8. The van der Waals surface area contributed by atoms with E-state index in [1.807, 2.05) is 30.3 Å². The van der Waals surface area contributed by atoms with Gasteiger partial charge in [0, 0.05) is 0 Å². The largest absolute Gasteiger partial charge is 0.394 e. The van der Waals surface area contributed by atoms with Gasteiger partial charge in [0.15, 0.2) is 5.69 Å². The third-order valence-electron chi connectivity index (χ3n) is 2.53. The molecule has 1 aromatic heterocycles. The highest BCUT2D eigenvalue weighted by Gasteiger charge is 2.15. The molecule has 2 rings (SSSR count). The molecule has 0 saturated carbocycles. The summed E-state index contributed by atoms with van der Waals surface area (Å²) < 4.78 is 0. The summed E-state index contributed by atoms with van der Waals surface area (Å²) in [5.74, 6) is -0.348. The van der Waals surface area contributed by atoms with Gasteiger partial charge in [-0.15, -0.1) is 0 Å². The van der Waals surface area contributed by atoms with Crippen molar-refractivity contribution in [3.8, 4) is 0 Å². The molecular formula is C12H14N4O2. The Morgan fingerprint density at radius 1 is 1.39 bits per heavy atom. The van der Waals surface area contributed by atoms with E-state index in [9.17, 15) is 9.90 Å². The molecule has 0 fully saturated rings. The molecule has 0 saturated heterocycles. The first kappa shape index (κ1) is 12.3. The van der Waals surface area contributed by atoms with Crippen molar-refractivity contribution >= 4 is 5.91 Å². The molecule has 0 aliphatic rings. The zero-order valence-electron chi connectivity index (χ0n) is 9.71. The minimum Gasteiger partial charge on any atom is -0.394 e. The number of amides is 1. The summed E-state index contributed by atoms with van der Waals surface area (Å²) >= 11 is 0. The van der Waals surface area contributed by atoms with Crippen LogP contribution in [0.2, 0.25) is 0 Å². The number of hydrogen-bond acceptors (Lipinski definition) is 4. The summed E-state index contributed by atoms with van der Waals surface area (Å²) in [5.41, 5.74) is 1.26. The molecule has 6 heteroatoms. The number of nitrogens with one attached hydrogen (secondary N) is 2. The van der Waals surface area contributed by atoms with E-state index >= 15 is 0 Å². The molecule has 18 heavy (non-hydrogen) atoms. The Morgan fingerprint density at radius 2 is 2.17 bits per heavy atom. The van der Waals surface area contributed by atoms with E-state index in [-0.39, 0.29) is 24.2 Å². The molecule has 0 aliphatic heterocycles. The van der Waals surface area contributed by atoms with Crippen LogP contribution in [0.5, 0.6) is 0 Å². The quantitative estimate of drug-likeness (QED) is 0.699. The standard InChI is InChI=1S/C12H14N4O2/c17-8-10(6-9-4-2-1-3-5-9)14-12(18)11-7-13-16-15-11/h1-5,7,10,17H,6,8H2,(H,14,18)(H,13,15,16)/t10-/m1/s1. The number of hydrogen-bond donors (Lipinski definition) is 3. The third kappa shape index (κ3) is 3.14. The van der Waals surface area contributed by atoms with Crippen LogP contribution in [0.25, 0.3) is 0 Å². The molecule has 1 atom stereocenters. The lowest BCUT2D eigenvalue weighted by Crippen LogP contribution is -2.39. The highest BCUT2D eigenvalue weighted by molar-refractivity contribution is 5.92. The average Bonchev–Trinajstić information content (AvgIpc) is 2.93. The van der Waals surface area contributed by atoms with Gasteiger partial charge in [-0.1, -0.05) is 30.3 Å². The summed E-state index contributed by atoms with van der Waals surface area (Å²) in [6.07, 6.45) is 1.91. The SMILES string of the molecule is O=C(N[C@@H](CO)Cc1ccccc1)c1cn[nH]n1. The van der Waals surface area contributed by atoms with Gasteiger partial charge in [-0.2, -0.15) is 15.4 Å². The monoisotopic (exact) mass is 246 g/mol. The second kappa shape index (κ2) is 5.92. The van der Waals surface area contributed by atoms with E-state index in [2.05, 4.69) is 20.7 Å². The van der Waals surface area contributed by atoms with E-state index in [1.54, 1.807) is 0 Å². The third-order valence-corrected chi connectivity index (χ3v) is 2.53. The molecule has 0 aliphatic carbocycles. The average molecular weight is 246 g/mol. The molecule has 0 unspecified atom stereocenters. The van der Waals surface area contributed by atoms with Gasteiger partial charge in [-0.25, -0.2) is 0 Å². The molecule has 2 aromatic rings. The van der Waals surface area contributed by atoms with Gasteiger partial charge in [-0.3, -0.25) is 4.79 Å². The maximum Gasteiger partial charge on any atom is 0.273 e. The van der Waals surface area contributed by atoms with E-state index in [1.165, 1.54) is 6.20 Å². The fourth-order valence-electron chi connectivity index (χ4n) is 1.63. The first-order valence-electron chi connectivity index (χ1n) is 5.61. The van der Waals surface area contributed by atoms with E-state index < -0.39 is 0 Å². The summed E-state index contributed by atoms with van der Waals surface area (Å²) in [4.78, 5) is 11.7. The number of H-pyrrole nitrogens is 1. The summed E-state index contributed by atoms with van der Waals surface area (Å²) in [5, 5.41) is 21.6. The molecule has 0 radical (unpaired) electrons. The van der Waals surface area contributed by atoms with Crippen molar-refractivity contribution in [2.45, 2.75) is 12.5 Å². The van der Waals surface area contributed by atoms with Gasteiger partial charge in [-0.05, 0) is 12.0 Å². The van der Waals surface area contributed by atoms with Gasteiger partial charge in [0.2, 0.25) is 0 Å². The van der Waals surface area contributed by atoms with Crippen molar-refractivity contribution in [1.29, 1.82) is 0 Å². The van der Waals surface area contributed by atoms with Gasteiger partial charge in [0.1, 0.15) is 0 Å². The lowest BCUT2D eigenvalue weighted by molar-refractivity contribution is 0.0911. The first-order chi connectivity index (χ1) is 8.79. The predicted molar refractivity (Wildman–Crippen MR) is 64.9 cm³/mol. The van der Waals surface area contributed by atoms with Crippen LogP contribution in [-0.2, 0) is 6.42 Å².